The summed E-state index contributed by atoms with van der Waals surface area (Å²) in [6, 6.07) is 7.60. The van der Waals surface area contributed by atoms with Crippen molar-refractivity contribution in [2.75, 3.05) is 6.54 Å². The Morgan fingerprint density at radius 2 is 1.83 bits per heavy atom. The molecule has 1 atom stereocenters. The van der Waals surface area contributed by atoms with Crippen LogP contribution in [-0.4, -0.2) is 43.9 Å². The monoisotopic (exact) mass is 325 g/mol. The number of likely N-dealkylation sites (tertiary alicyclic amines) is 1. The maximum absolute atomic E-state index is 12.5. The number of carbonyl (C=O) groups excluding carboxylic acids is 1. The van der Waals surface area contributed by atoms with E-state index in [-0.39, 0.29) is 12.3 Å². The summed E-state index contributed by atoms with van der Waals surface area (Å²) in [6.07, 6.45) is 6.37. The van der Waals surface area contributed by atoms with Crippen molar-refractivity contribution >= 4 is 11.9 Å². The molecular formula is C18H19N3O3. The van der Waals surface area contributed by atoms with Gasteiger partial charge in [-0.05, 0) is 30.9 Å². The first kappa shape index (κ1) is 16.1. The fourth-order valence-electron chi connectivity index (χ4n) is 3.12. The van der Waals surface area contributed by atoms with Crippen molar-refractivity contribution in [3.8, 4) is 11.1 Å². The average Bonchev–Trinajstić information content (AvgIpc) is 3.00. The predicted octanol–water partition coefficient (Wildman–Crippen LogP) is 2.15. The molecule has 1 aliphatic heterocycles. The molecule has 6 nitrogen and oxygen atoms in total. The second kappa shape index (κ2) is 6.39. The van der Waals surface area contributed by atoms with E-state index in [1.54, 1.807) is 19.3 Å². The lowest BCUT2D eigenvalue weighted by Gasteiger charge is -2.31. The van der Waals surface area contributed by atoms with Gasteiger partial charge in [0, 0.05) is 24.5 Å². The van der Waals surface area contributed by atoms with E-state index < -0.39 is 11.5 Å². The number of rotatable bonds is 4. The number of hydrogen-bond donors (Lipinski definition) is 1. The standard InChI is InChI=1S/C18H19N3O3/c1-18(17(23)24)7-2-8-21(18)16(22)9-13-3-5-14(6-4-13)15-10-19-12-20-11-15/h3-6,10-12H,2,7-9H2,1H3,(H,23,24)/t18-/m1/s1. The summed E-state index contributed by atoms with van der Waals surface area (Å²) in [4.78, 5) is 33.5. The van der Waals surface area contributed by atoms with Crippen LogP contribution in [0.1, 0.15) is 25.3 Å². The van der Waals surface area contributed by atoms with Crippen LogP contribution in [0.2, 0.25) is 0 Å². The molecule has 124 valence electrons. The van der Waals surface area contributed by atoms with Crippen LogP contribution in [0.15, 0.2) is 43.0 Å². The van der Waals surface area contributed by atoms with Crippen molar-refractivity contribution in [2.24, 2.45) is 0 Å². The molecule has 1 saturated heterocycles. The molecule has 0 bridgehead atoms. The lowest BCUT2D eigenvalue weighted by Crippen LogP contribution is -2.51. The first-order valence-electron chi connectivity index (χ1n) is 7.89. The molecule has 3 rings (SSSR count). The molecular weight excluding hydrogens is 306 g/mol. The molecule has 1 amide bonds. The van der Waals surface area contributed by atoms with E-state index in [0.29, 0.717) is 13.0 Å². The van der Waals surface area contributed by atoms with Gasteiger partial charge in [0.05, 0.1) is 6.42 Å². The van der Waals surface area contributed by atoms with Gasteiger partial charge in [0.1, 0.15) is 11.9 Å². The van der Waals surface area contributed by atoms with Gasteiger partial charge in [0.25, 0.3) is 0 Å². The van der Waals surface area contributed by atoms with Crippen LogP contribution < -0.4 is 0 Å². The second-order valence-corrected chi connectivity index (χ2v) is 6.23. The molecule has 0 radical (unpaired) electrons. The van der Waals surface area contributed by atoms with Gasteiger partial charge in [0.2, 0.25) is 5.91 Å². The third-order valence-corrected chi connectivity index (χ3v) is 4.61. The third-order valence-electron chi connectivity index (χ3n) is 4.61. The topological polar surface area (TPSA) is 83.4 Å². The Bertz CT molecular complexity index is 746. The van der Waals surface area contributed by atoms with E-state index in [2.05, 4.69) is 9.97 Å². The highest BCUT2D eigenvalue weighted by Gasteiger charge is 2.45. The number of amides is 1. The number of carbonyl (C=O) groups is 2. The van der Waals surface area contributed by atoms with Crippen LogP contribution in [0.5, 0.6) is 0 Å². The molecule has 1 aromatic heterocycles. The van der Waals surface area contributed by atoms with E-state index in [9.17, 15) is 14.7 Å². The number of aliphatic carboxylic acids is 1. The Hall–Kier alpha value is -2.76. The normalized spacial score (nSPS) is 20.1. The number of benzene rings is 1. The van der Waals surface area contributed by atoms with Crippen molar-refractivity contribution in [1.29, 1.82) is 0 Å². The van der Waals surface area contributed by atoms with E-state index in [1.807, 2.05) is 24.3 Å². The Balaban J connectivity index is 1.72. The number of aromatic nitrogens is 2. The Morgan fingerprint density at radius 1 is 1.17 bits per heavy atom. The van der Waals surface area contributed by atoms with Crippen molar-refractivity contribution in [2.45, 2.75) is 31.7 Å². The number of carboxylic acid groups (broad SMARTS) is 1. The largest absolute Gasteiger partial charge is 0.480 e. The molecule has 1 aliphatic rings. The summed E-state index contributed by atoms with van der Waals surface area (Å²) in [5, 5.41) is 9.41. The van der Waals surface area contributed by atoms with Gasteiger partial charge in [-0.1, -0.05) is 24.3 Å². The summed E-state index contributed by atoms with van der Waals surface area (Å²) in [5.41, 5.74) is 1.66. The molecule has 1 fully saturated rings. The van der Waals surface area contributed by atoms with Gasteiger partial charge in [0.15, 0.2) is 0 Å². The summed E-state index contributed by atoms with van der Waals surface area (Å²) in [7, 11) is 0. The average molecular weight is 325 g/mol. The van der Waals surface area contributed by atoms with Crippen molar-refractivity contribution in [3.05, 3.63) is 48.5 Å². The van der Waals surface area contributed by atoms with Crippen LogP contribution in [0.3, 0.4) is 0 Å². The molecule has 2 aromatic rings. The van der Waals surface area contributed by atoms with Gasteiger partial charge in [-0.2, -0.15) is 0 Å². The fraction of sp³-hybridized carbons (Fsp3) is 0.333. The summed E-state index contributed by atoms with van der Waals surface area (Å²) >= 11 is 0. The van der Waals surface area contributed by atoms with E-state index in [1.165, 1.54) is 11.2 Å². The molecule has 2 heterocycles. The maximum Gasteiger partial charge on any atom is 0.329 e. The van der Waals surface area contributed by atoms with Crippen LogP contribution in [0.4, 0.5) is 0 Å². The molecule has 0 saturated carbocycles. The zero-order valence-corrected chi connectivity index (χ0v) is 13.5. The van der Waals surface area contributed by atoms with Crippen LogP contribution in [0.25, 0.3) is 11.1 Å². The number of carboxylic acids is 1. The minimum absolute atomic E-state index is 0.145. The summed E-state index contributed by atoms with van der Waals surface area (Å²) in [6.45, 7) is 2.12. The van der Waals surface area contributed by atoms with Crippen LogP contribution in [0, 0.1) is 0 Å². The highest BCUT2D eigenvalue weighted by Crippen LogP contribution is 2.30. The molecule has 0 aliphatic carbocycles. The molecule has 1 N–H and O–H groups in total. The summed E-state index contributed by atoms with van der Waals surface area (Å²) in [5.74, 6) is -1.08. The van der Waals surface area contributed by atoms with Crippen molar-refractivity contribution in [1.82, 2.24) is 14.9 Å². The highest BCUT2D eigenvalue weighted by atomic mass is 16.4. The van der Waals surface area contributed by atoms with Crippen LogP contribution in [-0.2, 0) is 16.0 Å². The van der Waals surface area contributed by atoms with Crippen molar-refractivity contribution < 1.29 is 14.7 Å². The lowest BCUT2D eigenvalue weighted by atomic mass is 9.98. The first-order valence-corrected chi connectivity index (χ1v) is 7.89. The quantitative estimate of drug-likeness (QED) is 0.931. The minimum Gasteiger partial charge on any atom is -0.480 e. The van der Waals surface area contributed by atoms with Crippen molar-refractivity contribution in [3.63, 3.8) is 0 Å². The molecule has 1 aromatic carbocycles. The number of hydrogen-bond acceptors (Lipinski definition) is 4. The smallest absolute Gasteiger partial charge is 0.329 e. The minimum atomic E-state index is -1.08. The molecule has 24 heavy (non-hydrogen) atoms. The van der Waals surface area contributed by atoms with Gasteiger partial charge in [-0.15, -0.1) is 0 Å². The number of nitrogens with zero attached hydrogens (tertiary/aromatic N) is 3. The van der Waals surface area contributed by atoms with Gasteiger partial charge in [-0.3, -0.25) is 4.79 Å². The van der Waals surface area contributed by atoms with Crippen LogP contribution >= 0.6 is 0 Å². The fourth-order valence-corrected chi connectivity index (χ4v) is 3.12. The first-order chi connectivity index (χ1) is 11.5. The Labute approximate surface area is 140 Å². The zero-order chi connectivity index (χ0) is 17.2. The third kappa shape index (κ3) is 2.99. The predicted molar refractivity (Wildman–Crippen MR) is 88.2 cm³/mol. The molecule has 6 heteroatoms. The molecule has 0 spiro atoms. The van der Waals surface area contributed by atoms with E-state index >= 15 is 0 Å². The lowest BCUT2D eigenvalue weighted by molar-refractivity contribution is -0.155. The second-order valence-electron chi connectivity index (χ2n) is 6.23. The van der Waals surface area contributed by atoms with Gasteiger partial charge < -0.3 is 10.0 Å². The Kier molecular flexibility index (Phi) is 4.29. The maximum atomic E-state index is 12.5. The SMILES string of the molecule is C[C@]1(C(=O)O)CCCN1C(=O)Cc1ccc(-c2cncnc2)cc1. The van der Waals surface area contributed by atoms with Gasteiger partial charge >= 0.3 is 5.97 Å². The summed E-state index contributed by atoms with van der Waals surface area (Å²) < 4.78 is 0. The highest BCUT2D eigenvalue weighted by molar-refractivity contribution is 5.88. The molecule has 0 unspecified atom stereocenters. The Morgan fingerprint density at radius 3 is 2.46 bits per heavy atom. The van der Waals surface area contributed by atoms with E-state index in [0.717, 1.165) is 23.1 Å². The zero-order valence-electron chi connectivity index (χ0n) is 13.5. The van der Waals surface area contributed by atoms with Gasteiger partial charge in [-0.25, -0.2) is 14.8 Å². The van der Waals surface area contributed by atoms with E-state index in [4.69, 9.17) is 0 Å².